The van der Waals surface area contributed by atoms with Gasteiger partial charge >= 0.3 is 0 Å². The van der Waals surface area contributed by atoms with E-state index in [0.29, 0.717) is 17.2 Å². The van der Waals surface area contributed by atoms with Crippen molar-refractivity contribution in [2.24, 2.45) is 11.3 Å². The van der Waals surface area contributed by atoms with E-state index in [0.717, 1.165) is 24.7 Å². The van der Waals surface area contributed by atoms with E-state index in [-0.39, 0.29) is 5.91 Å². The minimum Gasteiger partial charge on any atom is -0.370 e. The van der Waals surface area contributed by atoms with E-state index >= 15 is 0 Å². The van der Waals surface area contributed by atoms with Crippen LogP contribution in [0.1, 0.15) is 62.6 Å². The highest BCUT2D eigenvalue weighted by atomic mass is 16.1. The van der Waals surface area contributed by atoms with E-state index in [2.05, 4.69) is 46.9 Å². The van der Waals surface area contributed by atoms with Crippen LogP contribution < -0.4 is 10.2 Å². The van der Waals surface area contributed by atoms with Gasteiger partial charge in [0.05, 0.1) is 11.4 Å². The van der Waals surface area contributed by atoms with Crippen molar-refractivity contribution >= 4 is 11.6 Å². The molecule has 2 aliphatic heterocycles. The average molecular weight is 373 g/mol. The SMILES string of the molecule is CNC(=O)c1ccc(N2CCC(N3CCCC(C(C)(C)C)C3)CC2)c(C)n1. The number of carbonyl (C=O) groups is 1. The molecule has 5 heteroatoms. The summed E-state index contributed by atoms with van der Waals surface area (Å²) in [7, 11) is 1.64. The van der Waals surface area contributed by atoms with Gasteiger partial charge in [0, 0.05) is 32.7 Å². The smallest absolute Gasteiger partial charge is 0.269 e. The van der Waals surface area contributed by atoms with Crippen molar-refractivity contribution < 1.29 is 4.79 Å². The van der Waals surface area contributed by atoms with Crippen LogP contribution in [0, 0.1) is 18.3 Å². The van der Waals surface area contributed by atoms with Crippen LogP contribution in [-0.2, 0) is 0 Å². The number of likely N-dealkylation sites (tertiary alicyclic amines) is 1. The second kappa shape index (κ2) is 8.17. The monoisotopic (exact) mass is 372 g/mol. The normalized spacial score (nSPS) is 22.7. The Bertz CT molecular complexity index is 659. The number of amides is 1. The number of carbonyl (C=O) groups excluding carboxylic acids is 1. The molecule has 1 aromatic rings. The molecule has 0 aliphatic carbocycles. The molecule has 3 heterocycles. The third-order valence-corrected chi connectivity index (χ3v) is 6.52. The van der Waals surface area contributed by atoms with E-state index in [4.69, 9.17) is 0 Å². The summed E-state index contributed by atoms with van der Waals surface area (Å²) in [4.78, 5) is 21.5. The zero-order valence-corrected chi connectivity index (χ0v) is 17.7. The van der Waals surface area contributed by atoms with Gasteiger partial charge in [-0.05, 0) is 62.6 Å². The molecule has 0 aromatic carbocycles. The lowest BCUT2D eigenvalue weighted by Gasteiger charge is -2.45. The van der Waals surface area contributed by atoms with E-state index in [1.54, 1.807) is 7.05 Å². The second-order valence-corrected chi connectivity index (χ2v) is 9.30. The molecule has 1 amide bonds. The van der Waals surface area contributed by atoms with Crippen molar-refractivity contribution in [1.29, 1.82) is 0 Å². The number of nitrogens with zero attached hydrogens (tertiary/aromatic N) is 3. The average Bonchev–Trinajstić information content (AvgIpc) is 2.67. The van der Waals surface area contributed by atoms with E-state index < -0.39 is 0 Å². The summed E-state index contributed by atoms with van der Waals surface area (Å²) in [5.41, 5.74) is 3.03. The van der Waals surface area contributed by atoms with Crippen LogP contribution in [0.4, 0.5) is 5.69 Å². The number of anilines is 1. The number of piperidine rings is 2. The second-order valence-electron chi connectivity index (χ2n) is 9.30. The maximum Gasteiger partial charge on any atom is 0.269 e. The standard InChI is InChI=1S/C22H36N4O/c1-16-20(9-8-19(24-16)21(27)23-5)25-13-10-18(11-14-25)26-12-6-7-17(15-26)22(2,3)4/h8-9,17-18H,6-7,10-15H2,1-5H3,(H,23,27). The number of aryl methyl sites for hydroxylation is 1. The number of hydrogen-bond acceptors (Lipinski definition) is 4. The van der Waals surface area contributed by atoms with Gasteiger partial charge in [-0.3, -0.25) is 9.69 Å². The maximum atomic E-state index is 11.8. The molecule has 0 bridgehead atoms. The number of hydrogen-bond donors (Lipinski definition) is 1. The van der Waals surface area contributed by atoms with Crippen molar-refractivity contribution in [1.82, 2.24) is 15.2 Å². The molecule has 1 N–H and O–H groups in total. The quantitative estimate of drug-likeness (QED) is 0.882. The Labute approximate surface area is 164 Å². The molecule has 150 valence electrons. The fourth-order valence-electron chi connectivity index (χ4n) is 4.66. The summed E-state index contributed by atoms with van der Waals surface area (Å²) >= 11 is 0. The van der Waals surface area contributed by atoms with Crippen LogP contribution in [0.2, 0.25) is 0 Å². The van der Waals surface area contributed by atoms with Crippen molar-refractivity contribution in [3.8, 4) is 0 Å². The Morgan fingerprint density at radius 1 is 1.15 bits per heavy atom. The molecule has 2 aliphatic rings. The first-order valence-electron chi connectivity index (χ1n) is 10.5. The van der Waals surface area contributed by atoms with Crippen LogP contribution in [0.25, 0.3) is 0 Å². The molecule has 0 spiro atoms. The van der Waals surface area contributed by atoms with Crippen molar-refractivity contribution in [3.05, 3.63) is 23.5 Å². The summed E-state index contributed by atoms with van der Waals surface area (Å²) in [6.07, 6.45) is 5.15. The summed E-state index contributed by atoms with van der Waals surface area (Å²) in [5, 5.41) is 2.64. The first-order chi connectivity index (χ1) is 12.8. The zero-order valence-electron chi connectivity index (χ0n) is 17.7. The molecule has 27 heavy (non-hydrogen) atoms. The summed E-state index contributed by atoms with van der Waals surface area (Å²) < 4.78 is 0. The lowest BCUT2D eigenvalue weighted by atomic mass is 9.76. The van der Waals surface area contributed by atoms with E-state index in [9.17, 15) is 4.79 Å². The minimum absolute atomic E-state index is 0.123. The maximum absolute atomic E-state index is 11.8. The number of rotatable bonds is 3. The van der Waals surface area contributed by atoms with Crippen molar-refractivity contribution in [2.75, 3.05) is 38.1 Å². The van der Waals surface area contributed by atoms with Crippen molar-refractivity contribution in [2.45, 2.75) is 59.4 Å². The van der Waals surface area contributed by atoms with Gasteiger partial charge in [-0.25, -0.2) is 4.98 Å². The van der Waals surface area contributed by atoms with Gasteiger partial charge in [0.1, 0.15) is 5.69 Å². The molecular weight excluding hydrogens is 336 g/mol. The summed E-state index contributed by atoms with van der Waals surface area (Å²) in [5.74, 6) is 0.690. The molecule has 1 atom stereocenters. The molecule has 5 nitrogen and oxygen atoms in total. The Kier molecular flexibility index (Phi) is 6.09. The highest BCUT2D eigenvalue weighted by Gasteiger charge is 2.33. The predicted molar refractivity (Wildman–Crippen MR) is 111 cm³/mol. The van der Waals surface area contributed by atoms with Gasteiger partial charge in [-0.15, -0.1) is 0 Å². The third kappa shape index (κ3) is 4.63. The van der Waals surface area contributed by atoms with Gasteiger partial charge in [0.25, 0.3) is 5.91 Å². The van der Waals surface area contributed by atoms with Gasteiger partial charge in [-0.1, -0.05) is 20.8 Å². The fraction of sp³-hybridized carbons (Fsp3) is 0.727. The number of nitrogens with one attached hydrogen (secondary N) is 1. The lowest BCUT2D eigenvalue weighted by molar-refractivity contribution is 0.0593. The molecule has 2 saturated heterocycles. The van der Waals surface area contributed by atoms with Crippen LogP contribution in [0.5, 0.6) is 0 Å². The number of aromatic nitrogens is 1. The van der Waals surface area contributed by atoms with Crippen LogP contribution in [0.3, 0.4) is 0 Å². The Balaban J connectivity index is 1.60. The van der Waals surface area contributed by atoms with Gasteiger partial charge in [0.15, 0.2) is 0 Å². The first kappa shape index (κ1) is 20.1. The highest BCUT2D eigenvalue weighted by Crippen LogP contribution is 2.35. The predicted octanol–water partition coefficient (Wildman–Crippen LogP) is 3.48. The first-order valence-corrected chi connectivity index (χ1v) is 10.5. The van der Waals surface area contributed by atoms with Gasteiger partial charge in [0.2, 0.25) is 0 Å². The molecule has 1 aromatic heterocycles. The highest BCUT2D eigenvalue weighted by molar-refractivity contribution is 5.92. The Hall–Kier alpha value is -1.62. The minimum atomic E-state index is -0.123. The third-order valence-electron chi connectivity index (χ3n) is 6.52. The molecule has 3 rings (SSSR count). The van der Waals surface area contributed by atoms with Crippen molar-refractivity contribution in [3.63, 3.8) is 0 Å². The Morgan fingerprint density at radius 2 is 1.85 bits per heavy atom. The van der Waals surface area contributed by atoms with Gasteiger partial charge < -0.3 is 10.2 Å². The van der Waals surface area contributed by atoms with Crippen LogP contribution in [-0.4, -0.2) is 55.1 Å². The lowest BCUT2D eigenvalue weighted by Crippen LogP contribution is -2.50. The largest absolute Gasteiger partial charge is 0.370 e. The number of pyridine rings is 1. The molecule has 0 saturated carbocycles. The fourth-order valence-corrected chi connectivity index (χ4v) is 4.66. The van der Waals surface area contributed by atoms with Gasteiger partial charge in [-0.2, -0.15) is 0 Å². The summed E-state index contributed by atoms with van der Waals surface area (Å²) in [6, 6.07) is 4.61. The topological polar surface area (TPSA) is 48.5 Å². The molecule has 2 fully saturated rings. The molecule has 0 radical (unpaired) electrons. The summed E-state index contributed by atoms with van der Waals surface area (Å²) in [6.45, 7) is 13.8. The van der Waals surface area contributed by atoms with Crippen LogP contribution >= 0.6 is 0 Å². The Morgan fingerprint density at radius 3 is 2.44 bits per heavy atom. The zero-order chi connectivity index (χ0) is 19.6. The molecular formula is C22H36N4O. The van der Waals surface area contributed by atoms with Crippen LogP contribution in [0.15, 0.2) is 12.1 Å². The molecule has 1 unspecified atom stereocenters. The van der Waals surface area contributed by atoms with E-state index in [1.165, 1.54) is 44.5 Å². The van der Waals surface area contributed by atoms with E-state index in [1.807, 2.05) is 13.0 Å².